The van der Waals surface area contributed by atoms with E-state index in [1.807, 2.05) is 13.0 Å². The van der Waals surface area contributed by atoms with Crippen molar-refractivity contribution in [3.8, 4) is 0 Å². The van der Waals surface area contributed by atoms with E-state index in [9.17, 15) is 4.79 Å². The number of carbonyl (C=O) groups is 1. The molecule has 106 valence electrons. The summed E-state index contributed by atoms with van der Waals surface area (Å²) >= 11 is 4.11. The molecule has 0 spiro atoms. The van der Waals surface area contributed by atoms with E-state index >= 15 is 0 Å². The Morgan fingerprint density at radius 2 is 2.37 bits per heavy atom. The van der Waals surface area contributed by atoms with Crippen LogP contribution in [0.25, 0.3) is 0 Å². The molecule has 1 aromatic rings. The average Bonchev–Trinajstić information content (AvgIpc) is 2.72. The van der Waals surface area contributed by atoms with E-state index in [-0.39, 0.29) is 5.91 Å². The number of hydrogen-bond acceptors (Lipinski definition) is 3. The van der Waals surface area contributed by atoms with Crippen LogP contribution in [0, 0.1) is 13.8 Å². The second kappa shape index (κ2) is 6.48. The number of aromatic nitrogens is 1. The SMILES string of the molecule is Cc1cc(C(=O)NCCS)c(C)n1C1CCCOC1. The zero-order valence-corrected chi connectivity index (χ0v) is 12.5. The van der Waals surface area contributed by atoms with Gasteiger partial charge in [0.2, 0.25) is 0 Å². The number of nitrogens with one attached hydrogen (secondary N) is 1. The van der Waals surface area contributed by atoms with Crippen molar-refractivity contribution in [1.29, 1.82) is 0 Å². The maximum absolute atomic E-state index is 12.1. The highest BCUT2D eigenvalue weighted by Crippen LogP contribution is 2.26. The Kier molecular flexibility index (Phi) is 4.93. The highest BCUT2D eigenvalue weighted by atomic mass is 32.1. The zero-order valence-electron chi connectivity index (χ0n) is 11.6. The molecule has 1 aromatic heterocycles. The Balaban J connectivity index is 2.21. The van der Waals surface area contributed by atoms with E-state index in [1.165, 1.54) is 0 Å². The lowest BCUT2D eigenvalue weighted by Gasteiger charge is -2.26. The molecule has 1 amide bonds. The second-order valence-electron chi connectivity index (χ2n) is 5.01. The normalized spacial score (nSPS) is 19.4. The van der Waals surface area contributed by atoms with Gasteiger partial charge in [-0.2, -0.15) is 12.6 Å². The van der Waals surface area contributed by atoms with Crippen molar-refractivity contribution in [2.45, 2.75) is 32.7 Å². The summed E-state index contributed by atoms with van der Waals surface area (Å²) in [6, 6.07) is 2.33. The molecule has 1 atom stereocenters. The number of thiol groups is 1. The van der Waals surface area contributed by atoms with Crippen molar-refractivity contribution in [1.82, 2.24) is 9.88 Å². The third kappa shape index (κ3) is 3.15. The first-order chi connectivity index (χ1) is 9.15. The number of amides is 1. The van der Waals surface area contributed by atoms with Crippen molar-refractivity contribution in [2.75, 3.05) is 25.5 Å². The van der Waals surface area contributed by atoms with Crippen molar-refractivity contribution < 1.29 is 9.53 Å². The number of hydrogen-bond donors (Lipinski definition) is 2. The van der Waals surface area contributed by atoms with Gasteiger partial charge in [-0.05, 0) is 32.8 Å². The number of aryl methyl sites for hydroxylation is 1. The average molecular weight is 282 g/mol. The molecule has 1 fully saturated rings. The van der Waals surface area contributed by atoms with Crippen LogP contribution in [-0.4, -0.2) is 36.0 Å². The molecule has 1 aliphatic rings. The number of rotatable bonds is 4. The van der Waals surface area contributed by atoms with Gasteiger partial charge in [0.15, 0.2) is 0 Å². The van der Waals surface area contributed by atoms with Crippen LogP contribution in [0.5, 0.6) is 0 Å². The standard InChI is InChI=1S/C14H22N2O2S/c1-10-8-13(14(17)15-5-7-19)11(2)16(10)12-4-3-6-18-9-12/h8,12,19H,3-7,9H2,1-2H3,(H,15,17). The molecule has 2 rings (SSSR count). The zero-order chi connectivity index (χ0) is 13.8. The number of carbonyl (C=O) groups excluding carboxylic acids is 1. The van der Waals surface area contributed by atoms with Gasteiger partial charge in [0.1, 0.15) is 0 Å². The Labute approximate surface area is 119 Å². The minimum atomic E-state index is -0.00914. The molecular formula is C14H22N2O2S. The van der Waals surface area contributed by atoms with E-state index in [1.54, 1.807) is 0 Å². The number of nitrogens with zero attached hydrogens (tertiary/aromatic N) is 1. The fourth-order valence-electron chi connectivity index (χ4n) is 2.76. The van der Waals surface area contributed by atoms with Gasteiger partial charge in [-0.25, -0.2) is 0 Å². The Morgan fingerprint density at radius 3 is 3.00 bits per heavy atom. The predicted octanol–water partition coefficient (Wildman–Crippen LogP) is 2.12. The summed E-state index contributed by atoms with van der Waals surface area (Å²) in [6.45, 7) is 6.26. The first-order valence-electron chi connectivity index (χ1n) is 6.80. The molecule has 0 aliphatic carbocycles. The molecule has 0 bridgehead atoms. The van der Waals surface area contributed by atoms with Crippen molar-refractivity contribution >= 4 is 18.5 Å². The van der Waals surface area contributed by atoms with Gasteiger partial charge in [-0.3, -0.25) is 4.79 Å². The fraction of sp³-hybridized carbons (Fsp3) is 0.643. The van der Waals surface area contributed by atoms with Gasteiger partial charge < -0.3 is 14.6 Å². The quantitative estimate of drug-likeness (QED) is 0.831. The third-order valence-corrected chi connectivity index (χ3v) is 3.85. The molecule has 1 N–H and O–H groups in total. The molecule has 0 aromatic carbocycles. The summed E-state index contributed by atoms with van der Waals surface area (Å²) in [5.41, 5.74) is 2.93. The highest BCUT2D eigenvalue weighted by Gasteiger charge is 2.22. The lowest BCUT2D eigenvalue weighted by molar-refractivity contribution is 0.0579. The van der Waals surface area contributed by atoms with E-state index < -0.39 is 0 Å². The Hall–Kier alpha value is -0.940. The van der Waals surface area contributed by atoms with Crippen LogP contribution in [0.2, 0.25) is 0 Å². The van der Waals surface area contributed by atoms with Crippen LogP contribution in [0.15, 0.2) is 6.07 Å². The maximum Gasteiger partial charge on any atom is 0.253 e. The van der Waals surface area contributed by atoms with Crippen LogP contribution >= 0.6 is 12.6 Å². The molecular weight excluding hydrogens is 260 g/mol. The molecule has 1 aliphatic heterocycles. The van der Waals surface area contributed by atoms with Gasteiger partial charge >= 0.3 is 0 Å². The fourth-order valence-corrected chi connectivity index (χ4v) is 2.87. The van der Waals surface area contributed by atoms with Gasteiger partial charge in [0.05, 0.1) is 18.2 Å². The van der Waals surface area contributed by atoms with Crippen molar-refractivity contribution in [3.05, 3.63) is 23.0 Å². The summed E-state index contributed by atoms with van der Waals surface area (Å²) in [5, 5.41) is 2.87. The van der Waals surface area contributed by atoms with Gasteiger partial charge in [0, 0.05) is 30.3 Å². The van der Waals surface area contributed by atoms with E-state index in [0.29, 0.717) is 18.3 Å². The summed E-state index contributed by atoms with van der Waals surface area (Å²) in [4.78, 5) is 12.1. The topological polar surface area (TPSA) is 43.3 Å². The lowest BCUT2D eigenvalue weighted by Crippen LogP contribution is -2.26. The summed E-state index contributed by atoms with van der Waals surface area (Å²) in [6.07, 6.45) is 2.21. The minimum Gasteiger partial charge on any atom is -0.379 e. The van der Waals surface area contributed by atoms with Crippen molar-refractivity contribution in [3.63, 3.8) is 0 Å². The van der Waals surface area contributed by atoms with Crippen LogP contribution in [0.1, 0.15) is 40.6 Å². The molecule has 0 radical (unpaired) electrons. The molecule has 4 nitrogen and oxygen atoms in total. The summed E-state index contributed by atoms with van der Waals surface area (Å²) < 4.78 is 7.79. The molecule has 5 heteroatoms. The molecule has 1 saturated heterocycles. The predicted molar refractivity (Wildman–Crippen MR) is 79.2 cm³/mol. The molecule has 1 unspecified atom stereocenters. The molecule has 2 heterocycles. The first-order valence-corrected chi connectivity index (χ1v) is 7.43. The maximum atomic E-state index is 12.1. The van der Waals surface area contributed by atoms with Crippen LogP contribution in [0.4, 0.5) is 0 Å². The summed E-state index contributed by atoms with van der Waals surface area (Å²) in [5.74, 6) is 0.645. The minimum absolute atomic E-state index is 0.00914. The third-order valence-electron chi connectivity index (χ3n) is 3.63. The Morgan fingerprint density at radius 1 is 1.58 bits per heavy atom. The largest absolute Gasteiger partial charge is 0.379 e. The van der Waals surface area contributed by atoms with Gasteiger partial charge in [0.25, 0.3) is 5.91 Å². The van der Waals surface area contributed by atoms with E-state index in [2.05, 4.69) is 29.4 Å². The highest BCUT2D eigenvalue weighted by molar-refractivity contribution is 7.80. The van der Waals surface area contributed by atoms with Crippen LogP contribution in [-0.2, 0) is 4.74 Å². The molecule has 19 heavy (non-hydrogen) atoms. The second-order valence-corrected chi connectivity index (χ2v) is 5.45. The molecule has 0 saturated carbocycles. The van der Waals surface area contributed by atoms with E-state index in [0.717, 1.165) is 43.0 Å². The summed E-state index contributed by atoms with van der Waals surface area (Å²) in [7, 11) is 0. The monoisotopic (exact) mass is 282 g/mol. The van der Waals surface area contributed by atoms with Crippen LogP contribution in [0.3, 0.4) is 0 Å². The van der Waals surface area contributed by atoms with Crippen LogP contribution < -0.4 is 5.32 Å². The number of ether oxygens (including phenoxy) is 1. The Bertz CT molecular complexity index is 451. The first kappa shape index (κ1) is 14.5. The van der Waals surface area contributed by atoms with E-state index in [4.69, 9.17) is 4.74 Å². The van der Waals surface area contributed by atoms with Crippen molar-refractivity contribution in [2.24, 2.45) is 0 Å². The lowest BCUT2D eigenvalue weighted by atomic mass is 10.1. The van der Waals surface area contributed by atoms with Gasteiger partial charge in [-0.15, -0.1) is 0 Å². The van der Waals surface area contributed by atoms with Gasteiger partial charge in [-0.1, -0.05) is 0 Å². The smallest absolute Gasteiger partial charge is 0.253 e.